The first kappa shape index (κ1) is 22.7. The van der Waals surface area contributed by atoms with Crippen LogP contribution < -0.4 is 0 Å². The summed E-state index contributed by atoms with van der Waals surface area (Å²) in [6.45, 7) is 0. The molecule has 0 aromatic heterocycles. The van der Waals surface area contributed by atoms with Crippen LogP contribution in [0.15, 0.2) is 48.6 Å². The van der Waals surface area contributed by atoms with E-state index >= 15 is 0 Å². The fourth-order valence-corrected chi connectivity index (χ4v) is 5.42. The predicted molar refractivity (Wildman–Crippen MR) is 115 cm³/mol. The molecule has 2 aliphatic rings. The van der Waals surface area contributed by atoms with Gasteiger partial charge in [0, 0.05) is 6.08 Å². The first-order valence-corrected chi connectivity index (χ1v) is 11.4. The molecule has 0 heterocycles. The quantitative estimate of drug-likeness (QED) is 0.339. The van der Waals surface area contributed by atoms with E-state index in [0.717, 1.165) is 42.6 Å². The highest BCUT2D eigenvalue weighted by Crippen LogP contribution is 2.44. The molecule has 0 radical (unpaired) electrons. The lowest BCUT2D eigenvalue weighted by Gasteiger charge is -2.38. The highest BCUT2D eigenvalue weighted by atomic mass is 19.4. The van der Waals surface area contributed by atoms with E-state index in [1.165, 1.54) is 63.2 Å². The molecule has 0 unspecified atom stereocenters. The number of allylic oxidation sites excluding steroid dienone is 4. The Bertz CT molecular complexity index is 738. The molecular weight excluding hydrogens is 383 g/mol. The Morgan fingerprint density at radius 3 is 2.03 bits per heavy atom. The first-order valence-electron chi connectivity index (χ1n) is 11.4. The molecule has 162 valence electrons. The molecule has 0 atom stereocenters. The second-order valence-electron chi connectivity index (χ2n) is 9.01. The van der Waals surface area contributed by atoms with Gasteiger partial charge in [0.1, 0.15) is 0 Å². The highest BCUT2D eigenvalue weighted by Gasteiger charge is 2.32. The van der Waals surface area contributed by atoms with Crippen molar-refractivity contribution < 1.29 is 13.2 Å². The first-order chi connectivity index (χ1) is 14.5. The van der Waals surface area contributed by atoms with E-state index in [0.29, 0.717) is 5.92 Å². The lowest BCUT2D eigenvalue weighted by molar-refractivity contribution is -0.137. The van der Waals surface area contributed by atoms with Crippen molar-refractivity contribution in [1.29, 1.82) is 5.26 Å². The maximum atomic E-state index is 12.8. The number of alkyl halides is 3. The van der Waals surface area contributed by atoms with Crippen LogP contribution in [0.5, 0.6) is 0 Å². The molecule has 3 rings (SSSR count). The van der Waals surface area contributed by atoms with Crippen LogP contribution in [0.2, 0.25) is 0 Å². The number of hydrogen-bond donors (Lipinski definition) is 0. The van der Waals surface area contributed by atoms with Gasteiger partial charge in [0.05, 0.1) is 11.6 Å². The molecule has 4 heteroatoms. The predicted octanol–water partition coefficient (Wildman–Crippen LogP) is 8.20. The van der Waals surface area contributed by atoms with Crippen molar-refractivity contribution >= 4 is 0 Å². The third-order valence-corrected chi connectivity index (χ3v) is 7.20. The van der Waals surface area contributed by atoms with Gasteiger partial charge in [0.15, 0.2) is 0 Å². The summed E-state index contributed by atoms with van der Waals surface area (Å²) in [6, 6.07) is 7.83. The van der Waals surface area contributed by atoms with Crippen molar-refractivity contribution in [2.24, 2.45) is 17.8 Å². The van der Waals surface area contributed by atoms with Gasteiger partial charge in [-0.3, -0.25) is 0 Å². The molecule has 2 saturated carbocycles. The van der Waals surface area contributed by atoms with Crippen molar-refractivity contribution in [2.45, 2.75) is 76.3 Å². The topological polar surface area (TPSA) is 23.8 Å². The molecule has 0 spiro atoms. The smallest absolute Gasteiger partial charge is 0.193 e. The van der Waals surface area contributed by atoms with E-state index < -0.39 is 11.7 Å². The average molecular weight is 416 g/mol. The van der Waals surface area contributed by atoms with E-state index in [9.17, 15) is 13.2 Å². The number of nitriles is 1. The summed E-state index contributed by atoms with van der Waals surface area (Å²) in [5.74, 6) is 2.88. The number of hydrogen-bond acceptors (Lipinski definition) is 1. The molecule has 0 aliphatic heterocycles. The Balaban J connectivity index is 1.38. The lowest BCUT2D eigenvalue weighted by Crippen LogP contribution is -2.25. The maximum absolute atomic E-state index is 12.8. The standard InChI is InChI=1S/C26H32F3N/c27-26(28,29)25-17-15-24(16-18-25)23-13-11-22(12-14-23)21-9-7-20(8-10-21)6-4-2-1-3-5-19-30/h1-3,5,15-18,20-23H,4,6-14H2. The SMILES string of the molecule is N#CC=CC=CCCC1CCC(C2CCC(c3ccc(C(F)(F)F)cc3)CC2)CC1. The van der Waals surface area contributed by atoms with Crippen LogP contribution in [-0.4, -0.2) is 0 Å². The van der Waals surface area contributed by atoms with Crippen LogP contribution in [0, 0.1) is 29.1 Å². The Morgan fingerprint density at radius 2 is 1.47 bits per heavy atom. The van der Waals surface area contributed by atoms with Gasteiger partial charge in [-0.25, -0.2) is 0 Å². The van der Waals surface area contributed by atoms with Gasteiger partial charge in [-0.05, 0) is 92.7 Å². The number of rotatable bonds is 6. The van der Waals surface area contributed by atoms with Crippen LogP contribution in [0.25, 0.3) is 0 Å². The maximum Gasteiger partial charge on any atom is 0.416 e. The van der Waals surface area contributed by atoms with Crippen LogP contribution in [-0.2, 0) is 6.18 Å². The van der Waals surface area contributed by atoms with Gasteiger partial charge in [-0.1, -0.05) is 43.2 Å². The fourth-order valence-electron chi connectivity index (χ4n) is 5.42. The molecule has 1 nitrogen and oxygen atoms in total. The van der Waals surface area contributed by atoms with Gasteiger partial charge in [-0.2, -0.15) is 18.4 Å². The number of benzene rings is 1. The molecule has 0 amide bonds. The van der Waals surface area contributed by atoms with E-state index in [-0.39, 0.29) is 0 Å². The minimum Gasteiger partial charge on any atom is -0.193 e. The second-order valence-corrected chi connectivity index (χ2v) is 9.01. The summed E-state index contributed by atoms with van der Waals surface area (Å²) >= 11 is 0. The molecule has 1 aromatic rings. The molecular formula is C26H32F3N. The monoisotopic (exact) mass is 415 g/mol. The molecule has 2 fully saturated rings. The molecule has 2 aliphatic carbocycles. The zero-order valence-electron chi connectivity index (χ0n) is 17.6. The Hall–Kier alpha value is -2.02. The molecule has 0 saturated heterocycles. The Morgan fingerprint density at radius 1 is 0.867 bits per heavy atom. The number of halogens is 3. The normalized spacial score (nSPS) is 28.1. The third-order valence-electron chi connectivity index (χ3n) is 7.20. The summed E-state index contributed by atoms with van der Waals surface area (Å²) in [5.41, 5.74) is 0.522. The van der Waals surface area contributed by atoms with Gasteiger partial charge < -0.3 is 0 Å². The third kappa shape index (κ3) is 6.49. The van der Waals surface area contributed by atoms with E-state index in [1.54, 1.807) is 18.2 Å². The summed E-state index contributed by atoms with van der Waals surface area (Å²) in [5, 5.41) is 8.46. The average Bonchev–Trinajstić information content (AvgIpc) is 2.76. The van der Waals surface area contributed by atoms with Crippen LogP contribution in [0.4, 0.5) is 13.2 Å². The van der Waals surface area contributed by atoms with Gasteiger partial charge in [-0.15, -0.1) is 0 Å². The van der Waals surface area contributed by atoms with Crippen LogP contribution in [0.1, 0.15) is 81.3 Å². The minimum atomic E-state index is -4.25. The summed E-state index contributed by atoms with van der Waals surface area (Å²) < 4.78 is 38.3. The molecule has 0 N–H and O–H groups in total. The van der Waals surface area contributed by atoms with Crippen molar-refractivity contribution in [3.05, 3.63) is 59.7 Å². The zero-order valence-corrected chi connectivity index (χ0v) is 17.6. The Labute approximate surface area is 178 Å². The van der Waals surface area contributed by atoms with Gasteiger partial charge >= 0.3 is 6.18 Å². The van der Waals surface area contributed by atoms with Crippen LogP contribution >= 0.6 is 0 Å². The lowest BCUT2D eigenvalue weighted by atomic mass is 9.68. The van der Waals surface area contributed by atoms with Gasteiger partial charge in [0.2, 0.25) is 0 Å². The van der Waals surface area contributed by atoms with E-state index in [1.807, 2.05) is 12.1 Å². The second kappa shape index (κ2) is 10.8. The molecule has 0 bridgehead atoms. The van der Waals surface area contributed by atoms with Crippen molar-refractivity contribution in [3.8, 4) is 6.07 Å². The Kier molecular flexibility index (Phi) is 8.19. The molecule has 30 heavy (non-hydrogen) atoms. The molecule has 1 aromatic carbocycles. The fraction of sp³-hybridized carbons (Fsp3) is 0.577. The van der Waals surface area contributed by atoms with E-state index in [2.05, 4.69) is 6.08 Å². The summed E-state index contributed by atoms with van der Waals surface area (Å²) in [4.78, 5) is 0. The van der Waals surface area contributed by atoms with Crippen LogP contribution in [0.3, 0.4) is 0 Å². The highest BCUT2D eigenvalue weighted by molar-refractivity contribution is 5.27. The summed E-state index contributed by atoms with van der Waals surface area (Å²) in [6.07, 6.45) is 15.4. The van der Waals surface area contributed by atoms with Gasteiger partial charge in [0.25, 0.3) is 0 Å². The van der Waals surface area contributed by atoms with Crippen molar-refractivity contribution in [2.75, 3.05) is 0 Å². The van der Waals surface area contributed by atoms with E-state index in [4.69, 9.17) is 5.26 Å². The minimum absolute atomic E-state index is 0.418. The van der Waals surface area contributed by atoms with Crippen molar-refractivity contribution in [3.63, 3.8) is 0 Å². The zero-order chi connectivity index (χ0) is 21.4. The van der Waals surface area contributed by atoms with Crippen molar-refractivity contribution in [1.82, 2.24) is 0 Å². The summed E-state index contributed by atoms with van der Waals surface area (Å²) in [7, 11) is 0. The number of nitrogens with zero attached hydrogens (tertiary/aromatic N) is 1. The largest absolute Gasteiger partial charge is 0.416 e.